The quantitative estimate of drug-likeness (QED) is 0.106. The highest BCUT2D eigenvalue weighted by Gasteiger charge is 2.64. The minimum atomic E-state index is -0.964. The van der Waals surface area contributed by atoms with Crippen molar-refractivity contribution in [3.8, 4) is 22.4 Å². The van der Waals surface area contributed by atoms with E-state index in [2.05, 4.69) is 74.5 Å². The minimum Gasteiger partial charge on any atom is -0.473 e. The number of carbonyl (C=O) groups is 4. The van der Waals surface area contributed by atoms with Gasteiger partial charge in [0.15, 0.2) is 0 Å². The number of aryl methyl sites for hydroxylation is 2. The molecule has 0 radical (unpaired) electrons. The van der Waals surface area contributed by atoms with Gasteiger partial charge in [0.2, 0.25) is 23.6 Å². The number of nitriles is 1. The number of pyridine rings is 2. The Morgan fingerprint density at radius 3 is 2.24 bits per heavy atom. The van der Waals surface area contributed by atoms with Crippen molar-refractivity contribution in [3.05, 3.63) is 88.3 Å². The van der Waals surface area contributed by atoms with Crippen molar-refractivity contribution in [2.45, 2.75) is 112 Å². The first kappa shape index (κ1) is 51.8. The predicted octanol–water partition coefficient (Wildman–Crippen LogP) is 5.21. The third-order valence-electron chi connectivity index (χ3n) is 14.1. The fourth-order valence-electron chi connectivity index (χ4n) is 10.3. The Labute approximate surface area is 415 Å². The molecule has 2 aliphatic heterocycles. The molecule has 1 aromatic carbocycles. The lowest BCUT2D eigenvalue weighted by Crippen LogP contribution is -2.74. The van der Waals surface area contributed by atoms with Crippen molar-refractivity contribution in [3.63, 3.8) is 0 Å². The number of aliphatic hydroxyl groups excluding tert-OH is 1. The average Bonchev–Trinajstić information content (AvgIpc) is 3.95. The molecule has 3 fully saturated rings. The molecule has 4 amide bonds. The normalized spacial score (nSPS) is 21.7. The molecule has 4 atom stereocenters. The second kappa shape index (κ2) is 21.2. The second-order valence-corrected chi connectivity index (χ2v) is 22.0. The zero-order valence-electron chi connectivity index (χ0n) is 42.0. The van der Waals surface area contributed by atoms with Crippen molar-refractivity contribution in [2.24, 2.45) is 16.2 Å². The Morgan fingerprint density at radius 2 is 1.64 bits per heavy atom. The molecule has 374 valence electrons. The van der Waals surface area contributed by atoms with Gasteiger partial charge < -0.3 is 40.3 Å². The van der Waals surface area contributed by atoms with Crippen molar-refractivity contribution in [1.29, 1.82) is 5.26 Å². The van der Waals surface area contributed by atoms with Crippen LogP contribution in [0.1, 0.15) is 101 Å². The first-order valence-corrected chi connectivity index (χ1v) is 24.9. The van der Waals surface area contributed by atoms with Crippen LogP contribution in [0.4, 0.5) is 5.82 Å². The van der Waals surface area contributed by atoms with Crippen molar-refractivity contribution >= 4 is 40.8 Å². The van der Waals surface area contributed by atoms with E-state index >= 15 is 0 Å². The van der Waals surface area contributed by atoms with Crippen LogP contribution in [0.3, 0.4) is 0 Å². The summed E-state index contributed by atoms with van der Waals surface area (Å²) in [4.78, 5) is 74.9. The number of nitrogens with one attached hydrogen (secondary N) is 3. The van der Waals surface area contributed by atoms with Gasteiger partial charge in [0.05, 0.1) is 51.7 Å². The predicted molar refractivity (Wildman–Crippen MR) is 267 cm³/mol. The van der Waals surface area contributed by atoms with E-state index in [1.165, 1.54) is 4.90 Å². The summed E-state index contributed by atoms with van der Waals surface area (Å²) in [6.45, 7) is 23.1. The van der Waals surface area contributed by atoms with E-state index in [1.54, 1.807) is 42.7 Å². The first-order chi connectivity index (χ1) is 33.1. The number of rotatable bonds is 16. The fourth-order valence-corrected chi connectivity index (χ4v) is 11.2. The molecule has 7 rings (SSSR count). The Balaban J connectivity index is 0.831. The van der Waals surface area contributed by atoms with Crippen LogP contribution in [0.15, 0.2) is 60.2 Å². The summed E-state index contributed by atoms with van der Waals surface area (Å²) < 4.78 is 12.1. The molecule has 4 N–H and O–H groups in total. The maximum absolute atomic E-state index is 14.1. The van der Waals surface area contributed by atoms with Gasteiger partial charge in [-0.2, -0.15) is 5.26 Å². The molecule has 18 heteroatoms. The topological polar surface area (TPSA) is 215 Å². The molecule has 3 aromatic heterocycles. The van der Waals surface area contributed by atoms with Gasteiger partial charge in [0, 0.05) is 74.8 Å². The van der Waals surface area contributed by atoms with Gasteiger partial charge >= 0.3 is 0 Å². The molecule has 0 spiro atoms. The lowest BCUT2D eigenvalue weighted by molar-refractivity contribution is -0.165. The summed E-state index contributed by atoms with van der Waals surface area (Å²) in [6, 6.07) is 14.8. The number of nitrogens with zero attached hydrogens (tertiary/aromatic N) is 7. The van der Waals surface area contributed by atoms with Gasteiger partial charge in [-0.05, 0) is 55.5 Å². The maximum Gasteiger partial charge on any atom is 0.253 e. The number of hydrogen-bond acceptors (Lipinski definition) is 14. The zero-order valence-corrected chi connectivity index (χ0v) is 42.9. The number of amides is 4. The molecule has 3 aliphatic rings. The summed E-state index contributed by atoms with van der Waals surface area (Å²) in [5.41, 5.74) is 4.81. The number of carbonyl (C=O) groups excluding carboxylic acids is 4. The van der Waals surface area contributed by atoms with E-state index < -0.39 is 46.2 Å². The van der Waals surface area contributed by atoms with Crippen molar-refractivity contribution in [1.82, 2.24) is 40.7 Å². The lowest BCUT2D eigenvalue weighted by Gasteiger charge is -2.62. The van der Waals surface area contributed by atoms with Crippen LogP contribution in [-0.4, -0.2) is 136 Å². The molecule has 1 saturated carbocycles. The minimum absolute atomic E-state index is 0.0178. The number of piperazine rings is 1. The van der Waals surface area contributed by atoms with Gasteiger partial charge in [0.1, 0.15) is 36.7 Å². The van der Waals surface area contributed by atoms with Crippen LogP contribution < -0.4 is 25.6 Å². The number of aromatic nitrogens is 3. The van der Waals surface area contributed by atoms with Crippen molar-refractivity contribution < 1.29 is 33.8 Å². The highest BCUT2D eigenvalue weighted by Crippen LogP contribution is 2.55. The summed E-state index contributed by atoms with van der Waals surface area (Å²) in [7, 11) is 0. The largest absolute Gasteiger partial charge is 0.473 e. The number of hydrogen-bond donors (Lipinski definition) is 4. The molecule has 1 aliphatic carbocycles. The van der Waals surface area contributed by atoms with Gasteiger partial charge in [-0.3, -0.25) is 24.1 Å². The van der Waals surface area contributed by atoms with Crippen LogP contribution in [0.5, 0.6) is 5.88 Å². The van der Waals surface area contributed by atoms with Gasteiger partial charge in [0.25, 0.3) is 5.91 Å². The van der Waals surface area contributed by atoms with Crippen LogP contribution in [0.25, 0.3) is 10.4 Å². The van der Waals surface area contributed by atoms with Crippen LogP contribution >= 0.6 is 11.3 Å². The van der Waals surface area contributed by atoms with E-state index in [0.29, 0.717) is 35.9 Å². The standard InChI is InChI=1S/C52H68N10O7S/c1-31(34-11-13-35(14-12-34)43-33(3)55-30-70-43)57-46(66)39-25-38(63)28-62(39)47(67)44(50(4,5)6)58-41(64)29-68-24-23-60-19-21-61(22-20-60)40-17-15-37(27-54-40)45(65)59-48-51(7,8)49(52(48,9)10)69-42-18-16-36(26-53)32(2)56-42/h11-18,27,30-31,38-39,44,48-49,63H,19-25,28-29H2,1-10H3,(H,57,66)(H,58,64)(H,59,65)/t31-,38+,39-,44+,48-,49-/m0/s1. The number of β-amino-alcohol motifs (C(OH)–C–C–N with tert-alkyl or cyclic N) is 1. The number of benzene rings is 1. The second-order valence-electron chi connectivity index (χ2n) is 21.1. The van der Waals surface area contributed by atoms with E-state index in [4.69, 9.17) is 9.47 Å². The van der Waals surface area contributed by atoms with Gasteiger partial charge in [-0.25, -0.2) is 15.0 Å². The molecule has 5 heterocycles. The number of ether oxygens (including phenoxy) is 2. The molecular weight excluding hydrogens is 909 g/mol. The number of anilines is 1. The zero-order chi connectivity index (χ0) is 50.7. The number of thiazole rings is 1. The third kappa shape index (κ3) is 11.4. The summed E-state index contributed by atoms with van der Waals surface area (Å²) in [5.74, 6) is -0.220. The monoisotopic (exact) mass is 976 g/mol. The van der Waals surface area contributed by atoms with Crippen LogP contribution in [0.2, 0.25) is 0 Å². The van der Waals surface area contributed by atoms with Crippen LogP contribution in [0, 0.1) is 41.4 Å². The van der Waals surface area contributed by atoms with E-state index in [-0.39, 0.29) is 49.6 Å². The summed E-state index contributed by atoms with van der Waals surface area (Å²) in [6.07, 6.45) is 0.602. The SMILES string of the molecule is Cc1nc(O[C@H]2C(C)(C)[C@H](NC(=O)c3ccc(N4CCN(CCOCC(=O)N[C@H](C(=O)N5C[C@H](O)C[C@H]5C(=O)N[C@@H](C)c5ccc(-c6scnc6C)cc5)C(C)(C)C)CC4)nc3)C2(C)C)ccc1C#N. The Bertz CT molecular complexity index is 2550. The third-order valence-corrected chi connectivity index (χ3v) is 15.1. The van der Waals surface area contributed by atoms with Gasteiger partial charge in [-0.15, -0.1) is 11.3 Å². The highest BCUT2D eigenvalue weighted by molar-refractivity contribution is 7.13. The number of aliphatic hydroxyl groups is 1. The number of likely N-dealkylation sites (tertiary alicyclic amines) is 1. The van der Waals surface area contributed by atoms with E-state index in [0.717, 1.165) is 53.7 Å². The molecule has 70 heavy (non-hydrogen) atoms. The molecular formula is C52H68N10O7S. The molecule has 2 saturated heterocycles. The van der Waals surface area contributed by atoms with Crippen molar-refractivity contribution in [2.75, 3.05) is 57.4 Å². The lowest BCUT2D eigenvalue weighted by atomic mass is 9.49. The van der Waals surface area contributed by atoms with Gasteiger partial charge in [-0.1, -0.05) is 72.7 Å². The average molecular weight is 977 g/mol. The fraction of sp³-hybridized carbons (Fsp3) is 0.538. The smallest absolute Gasteiger partial charge is 0.253 e. The van der Waals surface area contributed by atoms with E-state index in [1.807, 2.05) is 70.5 Å². The Hall–Kier alpha value is -6.00. The molecule has 4 aromatic rings. The molecule has 0 bridgehead atoms. The molecule has 17 nitrogen and oxygen atoms in total. The summed E-state index contributed by atoms with van der Waals surface area (Å²) in [5, 5.41) is 29.1. The van der Waals surface area contributed by atoms with Crippen LogP contribution in [-0.2, 0) is 19.1 Å². The first-order valence-electron chi connectivity index (χ1n) is 24.0. The maximum atomic E-state index is 14.1. The highest BCUT2D eigenvalue weighted by atomic mass is 32.1. The Kier molecular flexibility index (Phi) is 15.7. The Morgan fingerprint density at radius 1 is 0.943 bits per heavy atom. The molecule has 0 unspecified atom stereocenters. The summed E-state index contributed by atoms with van der Waals surface area (Å²) >= 11 is 1.57. The van der Waals surface area contributed by atoms with E-state index in [9.17, 15) is 29.5 Å².